The molecule has 0 spiro atoms. The molecule has 0 unspecified atom stereocenters. The molecular weight excluding hydrogens is 476 g/mol. The van der Waals surface area contributed by atoms with Crippen molar-refractivity contribution in [3.8, 4) is 17.2 Å². The average molecular weight is 501 g/mol. The first-order valence-corrected chi connectivity index (χ1v) is 11.7. The third-order valence-electron chi connectivity index (χ3n) is 5.29. The van der Waals surface area contributed by atoms with Crippen molar-refractivity contribution >= 4 is 23.7 Å². The Labute approximate surface area is 215 Å². The van der Waals surface area contributed by atoms with Crippen molar-refractivity contribution in [2.45, 2.75) is 13.2 Å². The molecule has 0 bridgehead atoms. The third kappa shape index (κ3) is 6.64. The minimum absolute atomic E-state index is 0.315. The second-order valence-electron chi connectivity index (χ2n) is 7.76. The molecule has 6 nitrogen and oxygen atoms in total. The molecule has 4 rings (SSSR count). The highest BCUT2D eigenvalue weighted by Gasteiger charge is 2.11. The smallest absolute Gasteiger partial charge is 0.271 e. The summed E-state index contributed by atoms with van der Waals surface area (Å²) >= 11 is 6.21. The number of carbonyl (C=O) groups excluding carboxylic acids is 1. The number of halogens is 1. The van der Waals surface area contributed by atoms with Crippen LogP contribution < -0.4 is 19.6 Å². The predicted molar refractivity (Wildman–Crippen MR) is 141 cm³/mol. The Kier molecular flexibility index (Phi) is 8.57. The van der Waals surface area contributed by atoms with Gasteiger partial charge in [-0.15, -0.1) is 0 Å². The van der Waals surface area contributed by atoms with E-state index in [-0.39, 0.29) is 5.91 Å². The van der Waals surface area contributed by atoms with Crippen LogP contribution in [0.2, 0.25) is 5.02 Å². The normalized spacial score (nSPS) is 10.7. The van der Waals surface area contributed by atoms with E-state index in [4.69, 9.17) is 25.8 Å². The Morgan fingerprint density at radius 1 is 0.833 bits per heavy atom. The Hall–Kier alpha value is -4.29. The number of methoxy groups -OCH3 is 1. The molecular formula is C29H25ClN2O4. The molecule has 0 aliphatic rings. The fourth-order valence-corrected chi connectivity index (χ4v) is 3.57. The molecule has 1 N–H and O–H groups in total. The van der Waals surface area contributed by atoms with E-state index in [1.54, 1.807) is 18.2 Å². The predicted octanol–water partition coefficient (Wildman–Crippen LogP) is 6.27. The minimum atomic E-state index is -0.381. The van der Waals surface area contributed by atoms with Crippen LogP contribution in [0.3, 0.4) is 0 Å². The van der Waals surface area contributed by atoms with Gasteiger partial charge in [-0.3, -0.25) is 4.79 Å². The first-order chi connectivity index (χ1) is 17.6. The topological polar surface area (TPSA) is 69.2 Å². The molecule has 0 saturated carbocycles. The highest BCUT2D eigenvalue weighted by molar-refractivity contribution is 6.31. The van der Waals surface area contributed by atoms with E-state index >= 15 is 0 Å². The number of rotatable bonds is 10. The van der Waals surface area contributed by atoms with Crippen LogP contribution in [0.4, 0.5) is 0 Å². The van der Waals surface area contributed by atoms with Crippen LogP contribution in [0.15, 0.2) is 102 Å². The molecule has 0 aromatic heterocycles. The zero-order chi connectivity index (χ0) is 25.2. The molecule has 0 heterocycles. The van der Waals surface area contributed by atoms with Crippen LogP contribution >= 0.6 is 11.6 Å². The van der Waals surface area contributed by atoms with Gasteiger partial charge in [-0.25, -0.2) is 5.43 Å². The summed E-state index contributed by atoms with van der Waals surface area (Å²) in [6.07, 6.45) is 1.54. The molecule has 36 heavy (non-hydrogen) atoms. The maximum Gasteiger partial charge on any atom is 0.271 e. The fraction of sp³-hybridized carbons (Fsp3) is 0.103. The van der Waals surface area contributed by atoms with Crippen molar-refractivity contribution in [3.63, 3.8) is 0 Å². The number of amides is 1. The first kappa shape index (κ1) is 24.8. The number of carbonyl (C=O) groups is 1. The monoisotopic (exact) mass is 500 g/mol. The summed E-state index contributed by atoms with van der Waals surface area (Å²) in [5.74, 6) is 1.25. The number of hydrogen-bond acceptors (Lipinski definition) is 5. The van der Waals surface area contributed by atoms with Crippen molar-refractivity contribution in [1.82, 2.24) is 5.43 Å². The van der Waals surface area contributed by atoms with E-state index in [1.165, 1.54) is 13.3 Å². The fourth-order valence-electron chi connectivity index (χ4n) is 3.38. The van der Waals surface area contributed by atoms with E-state index in [2.05, 4.69) is 10.5 Å². The van der Waals surface area contributed by atoms with Gasteiger partial charge in [-0.1, -0.05) is 72.3 Å². The summed E-state index contributed by atoms with van der Waals surface area (Å²) in [5, 5.41) is 4.74. The first-order valence-electron chi connectivity index (χ1n) is 11.3. The van der Waals surface area contributed by atoms with Crippen LogP contribution in [0.5, 0.6) is 17.2 Å². The molecule has 1 amide bonds. The highest BCUT2D eigenvalue weighted by Crippen LogP contribution is 2.29. The zero-order valence-electron chi connectivity index (χ0n) is 19.7. The standard InChI is InChI=1S/C29H25ClN2O4/c1-34-28-17-22(15-16-27(28)35-19-21-9-3-2-4-10-21)29(33)32-31-18-23-11-6-8-14-26(23)36-20-24-12-5-7-13-25(24)30/h2-18H,19-20H2,1H3,(H,32,33)/b31-18+. The van der Waals surface area contributed by atoms with Crippen molar-refractivity contribution in [3.05, 3.63) is 124 Å². The average Bonchev–Trinajstić information content (AvgIpc) is 2.92. The lowest BCUT2D eigenvalue weighted by atomic mass is 10.2. The second-order valence-corrected chi connectivity index (χ2v) is 8.16. The van der Waals surface area contributed by atoms with E-state index in [0.717, 1.165) is 11.1 Å². The summed E-state index contributed by atoms with van der Waals surface area (Å²) < 4.78 is 17.2. The van der Waals surface area contributed by atoms with E-state index in [0.29, 0.717) is 46.6 Å². The molecule has 7 heteroatoms. The number of hydrazone groups is 1. The maximum atomic E-state index is 12.7. The van der Waals surface area contributed by atoms with Crippen molar-refractivity contribution in [2.75, 3.05) is 7.11 Å². The lowest BCUT2D eigenvalue weighted by molar-refractivity contribution is 0.0954. The summed E-state index contributed by atoms with van der Waals surface area (Å²) in [6.45, 7) is 0.709. The van der Waals surface area contributed by atoms with Crippen LogP contribution in [0.1, 0.15) is 27.0 Å². The molecule has 0 aliphatic carbocycles. The van der Waals surface area contributed by atoms with E-state index in [1.807, 2.05) is 78.9 Å². The van der Waals surface area contributed by atoms with Gasteiger partial charge in [-0.05, 0) is 42.0 Å². The molecule has 0 aliphatic heterocycles. The quantitative estimate of drug-likeness (QED) is 0.206. The molecule has 0 saturated heterocycles. The minimum Gasteiger partial charge on any atom is -0.493 e. The van der Waals surface area contributed by atoms with Gasteiger partial charge in [0, 0.05) is 21.7 Å². The van der Waals surface area contributed by atoms with Gasteiger partial charge >= 0.3 is 0 Å². The lowest BCUT2D eigenvalue weighted by Crippen LogP contribution is -2.17. The molecule has 0 radical (unpaired) electrons. The number of ether oxygens (including phenoxy) is 3. The number of nitrogens with one attached hydrogen (secondary N) is 1. The van der Waals surface area contributed by atoms with Crippen LogP contribution in [0.25, 0.3) is 0 Å². The molecule has 0 atom stereocenters. The Bertz CT molecular complexity index is 1340. The van der Waals surface area contributed by atoms with E-state index < -0.39 is 0 Å². The zero-order valence-corrected chi connectivity index (χ0v) is 20.4. The second kappa shape index (κ2) is 12.4. The number of hydrogen-bond donors (Lipinski definition) is 1. The Morgan fingerprint density at radius 3 is 2.36 bits per heavy atom. The highest BCUT2D eigenvalue weighted by atomic mass is 35.5. The van der Waals surface area contributed by atoms with Crippen LogP contribution in [-0.4, -0.2) is 19.2 Å². The largest absolute Gasteiger partial charge is 0.493 e. The summed E-state index contributed by atoms with van der Waals surface area (Å²) in [7, 11) is 1.53. The van der Waals surface area contributed by atoms with Gasteiger partial charge in [0.15, 0.2) is 11.5 Å². The van der Waals surface area contributed by atoms with Gasteiger partial charge in [-0.2, -0.15) is 5.10 Å². The van der Waals surface area contributed by atoms with Gasteiger partial charge in [0.2, 0.25) is 0 Å². The van der Waals surface area contributed by atoms with Crippen LogP contribution in [-0.2, 0) is 13.2 Å². The summed E-state index contributed by atoms with van der Waals surface area (Å²) in [6, 6.07) is 29.7. The number of benzene rings is 4. The SMILES string of the molecule is COc1cc(C(=O)N/N=C/c2ccccc2OCc2ccccc2Cl)ccc1OCc1ccccc1. The lowest BCUT2D eigenvalue weighted by Gasteiger charge is -2.12. The molecule has 0 fully saturated rings. The number of nitrogens with zero attached hydrogens (tertiary/aromatic N) is 1. The Balaban J connectivity index is 1.38. The van der Waals surface area contributed by atoms with Gasteiger partial charge in [0.25, 0.3) is 5.91 Å². The van der Waals surface area contributed by atoms with Gasteiger partial charge in [0.1, 0.15) is 19.0 Å². The number of para-hydroxylation sites is 1. The van der Waals surface area contributed by atoms with Gasteiger partial charge < -0.3 is 14.2 Å². The van der Waals surface area contributed by atoms with Crippen LogP contribution in [0, 0.1) is 0 Å². The maximum absolute atomic E-state index is 12.7. The van der Waals surface area contributed by atoms with Crippen molar-refractivity contribution in [2.24, 2.45) is 5.10 Å². The molecule has 4 aromatic rings. The van der Waals surface area contributed by atoms with E-state index in [9.17, 15) is 4.79 Å². The third-order valence-corrected chi connectivity index (χ3v) is 5.66. The van der Waals surface area contributed by atoms with Crippen molar-refractivity contribution < 1.29 is 19.0 Å². The summed E-state index contributed by atoms with van der Waals surface area (Å²) in [4.78, 5) is 12.7. The Morgan fingerprint density at radius 2 is 1.56 bits per heavy atom. The van der Waals surface area contributed by atoms with Gasteiger partial charge in [0.05, 0.1) is 13.3 Å². The molecule has 4 aromatic carbocycles. The summed E-state index contributed by atoms with van der Waals surface area (Å²) in [5.41, 5.74) is 5.56. The molecule has 182 valence electrons. The van der Waals surface area contributed by atoms with Crippen molar-refractivity contribution in [1.29, 1.82) is 0 Å².